The van der Waals surface area contributed by atoms with Crippen molar-refractivity contribution in [2.24, 2.45) is 13.0 Å². The maximum atomic E-state index is 13.3. The first-order valence-electron chi connectivity index (χ1n) is 19.6. The van der Waals surface area contributed by atoms with E-state index in [9.17, 15) is 28.8 Å². The summed E-state index contributed by atoms with van der Waals surface area (Å²) in [7, 11) is 3.15. The van der Waals surface area contributed by atoms with Gasteiger partial charge < -0.3 is 29.7 Å². The fourth-order valence-corrected chi connectivity index (χ4v) is 8.03. The maximum Gasteiger partial charge on any atom is 0.293 e. The Morgan fingerprint density at radius 3 is 2.46 bits per heavy atom. The Bertz CT molecular complexity index is 2340. The van der Waals surface area contributed by atoms with Gasteiger partial charge in [-0.15, -0.1) is 0 Å². The molecule has 3 N–H and O–H groups in total. The summed E-state index contributed by atoms with van der Waals surface area (Å²) in [5.74, 6) is -0.303. The lowest BCUT2D eigenvalue weighted by Gasteiger charge is -2.39. The van der Waals surface area contributed by atoms with Crippen molar-refractivity contribution in [2.45, 2.75) is 38.6 Å². The van der Waals surface area contributed by atoms with Gasteiger partial charge in [0.15, 0.2) is 18.2 Å². The van der Waals surface area contributed by atoms with Crippen LogP contribution in [0.25, 0.3) is 10.9 Å². The van der Waals surface area contributed by atoms with Crippen LogP contribution in [0.4, 0.5) is 23.1 Å². The molecule has 2 aromatic heterocycles. The predicted octanol–water partition coefficient (Wildman–Crippen LogP) is 2.60. The summed E-state index contributed by atoms with van der Waals surface area (Å²) in [6, 6.07) is 11.7. The Balaban J connectivity index is 0.907. The zero-order chi connectivity index (χ0) is 41.8. The molecule has 5 amide bonds. The van der Waals surface area contributed by atoms with E-state index in [2.05, 4.69) is 35.6 Å². The molecule has 0 saturated carbocycles. The number of rotatable bonds is 12. The van der Waals surface area contributed by atoms with Crippen LogP contribution in [0.2, 0.25) is 5.02 Å². The summed E-state index contributed by atoms with van der Waals surface area (Å²) in [5, 5.41) is 9.08. The van der Waals surface area contributed by atoms with Crippen molar-refractivity contribution in [3.05, 3.63) is 75.2 Å². The van der Waals surface area contributed by atoms with Gasteiger partial charge in [0.2, 0.25) is 24.2 Å². The largest absolute Gasteiger partial charge is 0.478 e. The van der Waals surface area contributed by atoms with E-state index in [-0.39, 0.29) is 36.7 Å². The molecule has 3 saturated heterocycles. The molecule has 3 aliphatic heterocycles. The molecular formula is C41H47ClN10O7. The number of carbonyl (C=O) groups excluding carboxylic acids is 5. The highest BCUT2D eigenvalue weighted by Crippen LogP contribution is 2.30. The molecule has 1 atom stereocenters. The fraction of sp³-hybridized carbons (Fsp3) is 0.415. The number of benzene rings is 2. The molecule has 5 heterocycles. The molecule has 4 aromatic rings. The molecule has 0 aliphatic carbocycles. The van der Waals surface area contributed by atoms with Crippen molar-refractivity contribution in [1.29, 1.82) is 0 Å². The van der Waals surface area contributed by atoms with E-state index < -0.39 is 23.8 Å². The minimum atomic E-state index is -1.01. The van der Waals surface area contributed by atoms with Crippen LogP contribution in [0, 0.1) is 12.8 Å². The quantitative estimate of drug-likeness (QED) is 0.140. The molecule has 7 rings (SSSR count). The predicted molar refractivity (Wildman–Crippen MR) is 222 cm³/mol. The Labute approximate surface area is 345 Å². The van der Waals surface area contributed by atoms with Gasteiger partial charge in [0, 0.05) is 88.7 Å². The average molecular weight is 827 g/mol. The van der Waals surface area contributed by atoms with Gasteiger partial charge in [0.05, 0.1) is 11.7 Å². The van der Waals surface area contributed by atoms with Crippen LogP contribution in [0.15, 0.2) is 53.5 Å². The number of aromatic nitrogens is 3. The third kappa shape index (κ3) is 9.15. The van der Waals surface area contributed by atoms with Gasteiger partial charge in [-0.05, 0) is 80.1 Å². The van der Waals surface area contributed by atoms with E-state index in [4.69, 9.17) is 21.3 Å². The lowest BCUT2D eigenvalue weighted by Crippen LogP contribution is -2.53. The van der Waals surface area contributed by atoms with Crippen LogP contribution in [0.3, 0.4) is 0 Å². The third-order valence-corrected chi connectivity index (χ3v) is 11.6. The van der Waals surface area contributed by atoms with Crippen LogP contribution >= 0.6 is 11.6 Å². The molecule has 17 nitrogen and oxygen atoms in total. The minimum Gasteiger partial charge on any atom is -0.478 e. The topological polar surface area (TPSA) is 191 Å². The zero-order valence-corrected chi connectivity index (χ0v) is 34.0. The molecule has 310 valence electrons. The normalized spacial score (nSPS) is 17.7. The van der Waals surface area contributed by atoms with Crippen molar-refractivity contribution in [2.75, 3.05) is 74.6 Å². The number of aryl methyl sites for hydroxylation is 2. The molecule has 1 unspecified atom stereocenters. The van der Waals surface area contributed by atoms with E-state index in [0.717, 1.165) is 74.6 Å². The highest BCUT2D eigenvalue weighted by atomic mass is 35.5. The zero-order valence-electron chi connectivity index (χ0n) is 33.2. The standard InChI is InChI=1S/C41H47ClN10O7/c1-25-18-29(5-6-30(25)39(57)52(24-53)33-8-9-35(54)46-38(33)56)50-12-10-26(11-13-50)22-49-14-16-51(17-15-49)41-44-21-31(42)37(47-41)45-28-4-7-32-27(19-28)20-34(40(58)48(32)3)59-23-36(55)43-2/h4-7,18-21,24,26,33H,8-17,22-23H2,1-3H3,(H,43,55)(H,44,45,47)(H,46,54,56). The number of nitrogens with zero attached hydrogens (tertiary/aromatic N) is 7. The second kappa shape index (κ2) is 17.8. The Morgan fingerprint density at radius 1 is 1.00 bits per heavy atom. The minimum absolute atomic E-state index is 0.0700. The second-order valence-electron chi connectivity index (χ2n) is 15.1. The first-order valence-corrected chi connectivity index (χ1v) is 20.0. The molecule has 0 radical (unpaired) electrons. The number of hydrogen-bond acceptors (Lipinski definition) is 13. The SMILES string of the molecule is CNC(=O)COc1cc2cc(Nc3nc(N4CCN(CC5CCN(c6ccc(C(=O)N(C=O)C7CCC(=O)NC7=O)c(C)c6)CC5)CC4)ncc3Cl)ccc2n(C)c1=O. The third-order valence-electron chi connectivity index (χ3n) is 11.3. The highest BCUT2D eigenvalue weighted by Gasteiger charge is 2.35. The Kier molecular flexibility index (Phi) is 12.4. The van der Waals surface area contributed by atoms with Crippen molar-refractivity contribution in [3.8, 4) is 5.75 Å². The molecule has 18 heteroatoms. The van der Waals surface area contributed by atoms with Crippen LogP contribution in [0.1, 0.15) is 41.6 Å². The number of ether oxygens (including phenoxy) is 1. The number of fused-ring (bicyclic) bond motifs is 1. The summed E-state index contributed by atoms with van der Waals surface area (Å²) < 4.78 is 6.98. The summed E-state index contributed by atoms with van der Waals surface area (Å²) in [6.07, 6.45) is 4.19. The van der Waals surface area contributed by atoms with Crippen LogP contribution in [-0.2, 0) is 26.2 Å². The lowest BCUT2D eigenvalue weighted by molar-refractivity contribution is -0.139. The molecule has 59 heavy (non-hydrogen) atoms. The summed E-state index contributed by atoms with van der Waals surface area (Å²) in [6.45, 7) is 7.57. The number of piperidine rings is 2. The van der Waals surface area contributed by atoms with E-state index >= 15 is 0 Å². The van der Waals surface area contributed by atoms with Crippen LogP contribution in [-0.4, -0.2) is 120 Å². The highest BCUT2D eigenvalue weighted by molar-refractivity contribution is 6.33. The van der Waals surface area contributed by atoms with E-state index in [1.165, 1.54) is 11.6 Å². The molecule has 3 aliphatic rings. The van der Waals surface area contributed by atoms with Gasteiger partial charge in [0.1, 0.15) is 11.1 Å². The van der Waals surface area contributed by atoms with Crippen molar-refractivity contribution >= 4 is 75.7 Å². The van der Waals surface area contributed by atoms with Crippen molar-refractivity contribution < 1.29 is 28.7 Å². The Hall–Kier alpha value is -6.07. The average Bonchev–Trinajstić information content (AvgIpc) is 3.23. The van der Waals surface area contributed by atoms with E-state index in [1.807, 2.05) is 37.3 Å². The monoisotopic (exact) mass is 826 g/mol. The molecule has 3 fully saturated rings. The van der Waals surface area contributed by atoms with Crippen LogP contribution < -0.4 is 36.0 Å². The maximum absolute atomic E-state index is 13.3. The first-order chi connectivity index (χ1) is 28.4. The number of halogens is 1. The number of pyridine rings is 1. The first kappa shape index (κ1) is 41.1. The van der Waals surface area contributed by atoms with Gasteiger partial charge in [-0.25, -0.2) is 4.98 Å². The van der Waals surface area contributed by atoms with E-state index in [1.54, 1.807) is 25.4 Å². The molecular weight excluding hydrogens is 780 g/mol. The smallest absolute Gasteiger partial charge is 0.293 e. The molecule has 2 aromatic carbocycles. The lowest BCUT2D eigenvalue weighted by atomic mass is 9.95. The summed E-state index contributed by atoms with van der Waals surface area (Å²) in [4.78, 5) is 90.8. The number of imide groups is 2. The number of amides is 5. The summed E-state index contributed by atoms with van der Waals surface area (Å²) in [5.41, 5.74) is 3.11. The van der Waals surface area contributed by atoms with Gasteiger partial charge in [-0.2, -0.15) is 4.98 Å². The van der Waals surface area contributed by atoms with Gasteiger partial charge in [-0.3, -0.25) is 43.9 Å². The number of piperazine rings is 1. The Morgan fingerprint density at radius 2 is 1.76 bits per heavy atom. The number of nitrogens with one attached hydrogen (secondary N) is 3. The molecule has 0 spiro atoms. The van der Waals surface area contributed by atoms with Gasteiger partial charge >= 0.3 is 0 Å². The number of hydrogen-bond donors (Lipinski definition) is 3. The number of likely N-dealkylation sites (N-methyl/N-ethyl adjacent to an activating group) is 1. The van der Waals surface area contributed by atoms with Gasteiger partial charge in [-0.1, -0.05) is 11.6 Å². The van der Waals surface area contributed by atoms with E-state index in [0.29, 0.717) is 51.4 Å². The fourth-order valence-electron chi connectivity index (χ4n) is 7.89. The van der Waals surface area contributed by atoms with Crippen molar-refractivity contribution in [3.63, 3.8) is 0 Å². The van der Waals surface area contributed by atoms with Crippen LogP contribution in [0.5, 0.6) is 5.75 Å². The summed E-state index contributed by atoms with van der Waals surface area (Å²) >= 11 is 6.55. The van der Waals surface area contributed by atoms with Gasteiger partial charge in [0.25, 0.3) is 17.4 Å². The molecule has 0 bridgehead atoms. The second-order valence-corrected chi connectivity index (χ2v) is 15.5. The number of carbonyl (C=O) groups is 5. The van der Waals surface area contributed by atoms with Crippen molar-refractivity contribution in [1.82, 2.24) is 35.0 Å². The number of anilines is 4.